The van der Waals surface area contributed by atoms with Gasteiger partial charge in [-0.15, -0.1) is 0 Å². The molecule has 0 aliphatic carbocycles. The van der Waals surface area contributed by atoms with E-state index in [9.17, 15) is 18.0 Å². The first-order valence-electron chi connectivity index (χ1n) is 7.44. The average Bonchev–Trinajstić information content (AvgIpc) is 2.61. The molecule has 7 nitrogen and oxygen atoms in total. The lowest BCUT2D eigenvalue weighted by Crippen LogP contribution is -2.51. The van der Waals surface area contributed by atoms with E-state index in [0.29, 0.717) is 4.47 Å². The second-order valence-corrected chi connectivity index (χ2v) is 8.20. The Kier molecular flexibility index (Phi) is 5.40. The van der Waals surface area contributed by atoms with Crippen molar-refractivity contribution in [2.75, 3.05) is 0 Å². The maximum atomic E-state index is 12.5. The number of hydrogen-bond donors (Lipinski definition) is 2. The molecule has 0 radical (unpaired) electrons. The van der Waals surface area contributed by atoms with Crippen LogP contribution in [0.1, 0.15) is 5.56 Å². The standard InChI is InChI=1S/C17H11BrN2O5S2/c18-11-6-7-14(25-27(23,24)12-4-2-1-3-5-12)10(8-11)9-13-15(21)19-17(26)20-16(13)22/h1-9H,(H2,19,20,21,22,26). The minimum atomic E-state index is -4.09. The van der Waals surface area contributed by atoms with Crippen molar-refractivity contribution < 1.29 is 22.2 Å². The van der Waals surface area contributed by atoms with Crippen molar-refractivity contribution in [3.8, 4) is 5.75 Å². The Morgan fingerprint density at radius 2 is 1.63 bits per heavy atom. The van der Waals surface area contributed by atoms with Gasteiger partial charge in [0.2, 0.25) is 0 Å². The molecule has 1 aliphatic rings. The minimum Gasteiger partial charge on any atom is -0.378 e. The summed E-state index contributed by atoms with van der Waals surface area (Å²) in [6, 6.07) is 12.1. The van der Waals surface area contributed by atoms with Crippen LogP contribution < -0.4 is 14.8 Å². The third-order valence-corrected chi connectivity index (χ3v) is 5.39. The first kappa shape index (κ1) is 19.2. The first-order valence-corrected chi connectivity index (χ1v) is 10.0. The fourth-order valence-electron chi connectivity index (χ4n) is 2.22. The number of benzene rings is 2. The van der Waals surface area contributed by atoms with Crippen molar-refractivity contribution in [1.82, 2.24) is 10.6 Å². The average molecular weight is 467 g/mol. The van der Waals surface area contributed by atoms with E-state index in [2.05, 4.69) is 26.6 Å². The lowest BCUT2D eigenvalue weighted by Gasteiger charge is -2.17. The maximum absolute atomic E-state index is 12.5. The monoisotopic (exact) mass is 466 g/mol. The van der Waals surface area contributed by atoms with Crippen LogP contribution in [0.25, 0.3) is 6.08 Å². The summed E-state index contributed by atoms with van der Waals surface area (Å²) in [6.45, 7) is 0. The van der Waals surface area contributed by atoms with Gasteiger partial charge in [0.05, 0.1) is 0 Å². The topological polar surface area (TPSA) is 102 Å². The van der Waals surface area contributed by atoms with Crippen molar-refractivity contribution in [3.63, 3.8) is 0 Å². The van der Waals surface area contributed by atoms with Crippen LogP contribution in [0.15, 0.2) is 63.5 Å². The van der Waals surface area contributed by atoms with E-state index < -0.39 is 21.9 Å². The Hall–Kier alpha value is -2.56. The highest BCUT2D eigenvalue weighted by atomic mass is 79.9. The van der Waals surface area contributed by atoms with E-state index in [0.717, 1.165) is 0 Å². The molecule has 138 valence electrons. The summed E-state index contributed by atoms with van der Waals surface area (Å²) in [4.78, 5) is 24.0. The third-order valence-electron chi connectivity index (χ3n) is 3.45. The lowest BCUT2D eigenvalue weighted by atomic mass is 10.1. The van der Waals surface area contributed by atoms with Crippen LogP contribution in [0.2, 0.25) is 0 Å². The predicted octanol–water partition coefficient (Wildman–Crippen LogP) is 2.13. The van der Waals surface area contributed by atoms with Gasteiger partial charge in [-0.2, -0.15) is 8.42 Å². The number of carbonyl (C=O) groups is 2. The predicted molar refractivity (Wildman–Crippen MR) is 105 cm³/mol. The zero-order valence-corrected chi connectivity index (χ0v) is 16.7. The molecule has 0 spiro atoms. The van der Waals surface area contributed by atoms with Gasteiger partial charge in [-0.3, -0.25) is 20.2 Å². The van der Waals surface area contributed by atoms with Crippen LogP contribution in [0, 0.1) is 0 Å². The van der Waals surface area contributed by atoms with Crippen molar-refractivity contribution in [3.05, 3.63) is 64.1 Å². The van der Waals surface area contributed by atoms with Crippen LogP contribution in [0.3, 0.4) is 0 Å². The molecule has 0 aromatic heterocycles. The third kappa shape index (κ3) is 4.41. The molecule has 0 unspecified atom stereocenters. The molecule has 10 heteroatoms. The molecule has 0 bridgehead atoms. The molecule has 3 rings (SSSR count). The van der Waals surface area contributed by atoms with Crippen LogP contribution in [0.4, 0.5) is 0 Å². The highest BCUT2D eigenvalue weighted by Crippen LogP contribution is 2.28. The summed E-state index contributed by atoms with van der Waals surface area (Å²) < 4.78 is 30.8. The molecular weight excluding hydrogens is 456 g/mol. The van der Waals surface area contributed by atoms with Crippen molar-refractivity contribution >= 4 is 61.3 Å². The number of hydrogen-bond acceptors (Lipinski definition) is 6. The molecule has 2 N–H and O–H groups in total. The van der Waals surface area contributed by atoms with E-state index in [1.165, 1.54) is 30.3 Å². The van der Waals surface area contributed by atoms with Gasteiger partial charge in [-0.1, -0.05) is 34.1 Å². The van der Waals surface area contributed by atoms with Gasteiger partial charge < -0.3 is 4.18 Å². The molecular formula is C17H11BrN2O5S2. The fourth-order valence-corrected chi connectivity index (χ4v) is 3.76. The van der Waals surface area contributed by atoms with Gasteiger partial charge in [-0.25, -0.2) is 0 Å². The highest BCUT2D eigenvalue weighted by Gasteiger charge is 2.26. The smallest absolute Gasteiger partial charge is 0.339 e. The molecule has 1 saturated heterocycles. The molecule has 0 atom stereocenters. The minimum absolute atomic E-state index is 0.0231. The van der Waals surface area contributed by atoms with Gasteiger partial charge in [0.1, 0.15) is 16.2 Å². The second kappa shape index (κ2) is 7.59. The van der Waals surface area contributed by atoms with Crippen LogP contribution in [-0.4, -0.2) is 25.3 Å². The number of amides is 2. The normalized spacial score (nSPS) is 14.4. The van der Waals surface area contributed by atoms with Crippen LogP contribution >= 0.6 is 28.1 Å². The van der Waals surface area contributed by atoms with E-state index in [-0.39, 0.29) is 26.9 Å². The molecule has 0 saturated carbocycles. The molecule has 27 heavy (non-hydrogen) atoms. The number of halogens is 1. The van der Waals surface area contributed by atoms with Crippen molar-refractivity contribution in [1.29, 1.82) is 0 Å². The molecule has 2 amide bonds. The number of carbonyl (C=O) groups excluding carboxylic acids is 2. The van der Waals surface area contributed by atoms with Gasteiger partial charge >= 0.3 is 10.1 Å². The van der Waals surface area contributed by atoms with Crippen LogP contribution in [0.5, 0.6) is 5.75 Å². The van der Waals surface area contributed by atoms with Gasteiger partial charge in [-0.05, 0) is 48.6 Å². The van der Waals surface area contributed by atoms with E-state index in [1.54, 1.807) is 24.3 Å². The quantitative estimate of drug-likeness (QED) is 0.309. The molecule has 2 aromatic rings. The summed E-state index contributed by atoms with van der Waals surface area (Å²) in [5.41, 5.74) is -0.0133. The van der Waals surface area contributed by atoms with Crippen LogP contribution in [-0.2, 0) is 19.7 Å². The van der Waals surface area contributed by atoms with E-state index in [1.807, 2.05) is 0 Å². The Morgan fingerprint density at radius 3 is 2.26 bits per heavy atom. The number of thiocarbonyl (C=S) groups is 1. The molecule has 2 aromatic carbocycles. The summed E-state index contributed by atoms with van der Waals surface area (Å²) in [5.74, 6) is -1.43. The summed E-state index contributed by atoms with van der Waals surface area (Å²) >= 11 is 8.02. The Balaban J connectivity index is 2.02. The van der Waals surface area contributed by atoms with E-state index >= 15 is 0 Å². The van der Waals surface area contributed by atoms with Crippen molar-refractivity contribution in [2.24, 2.45) is 0 Å². The maximum Gasteiger partial charge on any atom is 0.339 e. The highest BCUT2D eigenvalue weighted by molar-refractivity contribution is 9.10. The number of nitrogens with one attached hydrogen (secondary N) is 2. The van der Waals surface area contributed by atoms with Crippen molar-refractivity contribution in [2.45, 2.75) is 4.90 Å². The van der Waals surface area contributed by atoms with E-state index in [4.69, 9.17) is 16.4 Å². The lowest BCUT2D eigenvalue weighted by molar-refractivity contribution is -0.123. The van der Waals surface area contributed by atoms with Gasteiger partial charge in [0, 0.05) is 10.0 Å². The molecule has 1 fully saturated rings. The Bertz CT molecular complexity index is 1060. The summed E-state index contributed by atoms with van der Waals surface area (Å²) in [7, 11) is -4.09. The Morgan fingerprint density at radius 1 is 1.00 bits per heavy atom. The second-order valence-electron chi connectivity index (χ2n) is 5.33. The SMILES string of the molecule is O=C1NC(=S)NC(=O)C1=Cc1cc(Br)ccc1OS(=O)(=O)c1ccccc1. The van der Waals surface area contributed by atoms with Gasteiger partial charge in [0.15, 0.2) is 5.11 Å². The largest absolute Gasteiger partial charge is 0.378 e. The fraction of sp³-hybridized carbons (Fsp3) is 0. The Labute approximate surface area is 168 Å². The zero-order chi connectivity index (χ0) is 19.6. The first-order chi connectivity index (χ1) is 12.8. The van der Waals surface area contributed by atoms with Gasteiger partial charge in [0.25, 0.3) is 11.8 Å². The zero-order valence-electron chi connectivity index (χ0n) is 13.4. The molecule has 1 heterocycles. The molecule has 1 aliphatic heterocycles. The number of rotatable bonds is 4. The summed E-state index contributed by atoms with van der Waals surface area (Å²) in [6.07, 6.45) is 1.23. The summed E-state index contributed by atoms with van der Waals surface area (Å²) in [5, 5.41) is 4.52.